The largest absolute Gasteiger partial charge is 0.384 e. The van der Waals surface area contributed by atoms with Crippen molar-refractivity contribution in [1.29, 1.82) is 0 Å². The Kier molecular flexibility index (Phi) is 7.01. The van der Waals surface area contributed by atoms with Crippen LogP contribution in [0.15, 0.2) is 24.4 Å². The van der Waals surface area contributed by atoms with E-state index >= 15 is 4.39 Å². The third kappa shape index (κ3) is 4.49. The van der Waals surface area contributed by atoms with Gasteiger partial charge in [-0.2, -0.15) is 5.10 Å². The van der Waals surface area contributed by atoms with Gasteiger partial charge in [0.05, 0.1) is 6.20 Å². The van der Waals surface area contributed by atoms with E-state index in [1.54, 1.807) is 16.9 Å². The topological polar surface area (TPSA) is 88.5 Å². The molecule has 2 amide bonds. The Balaban J connectivity index is 1.43. The number of rotatable bonds is 7. The first-order chi connectivity index (χ1) is 17.5. The van der Waals surface area contributed by atoms with Crippen LogP contribution in [0.2, 0.25) is 0 Å². The van der Waals surface area contributed by atoms with Gasteiger partial charge < -0.3 is 15.4 Å². The van der Waals surface area contributed by atoms with Crippen molar-refractivity contribution in [3.8, 4) is 0 Å². The lowest BCUT2D eigenvalue weighted by Crippen LogP contribution is -2.50. The molecule has 2 fully saturated rings. The first-order valence-electron chi connectivity index (χ1n) is 13.2. The number of nitrogens with zero attached hydrogens (tertiary/aromatic N) is 3. The monoisotopic (exact) mass is 497 g/mol. The molecule has 1 aliphatic carbocycles. The van der Waals surface area contributed by atoms with Crippen LogP contribution in [-0.2, 0) is 26.3 Å². The zero-order chi connectivity index (χ0) is 25.3. The van der Waals surface area contributed by atoms with Crippen molar-refractivity contribution in [1.82, 2.24) is 9.78 Å². The second-order valence-corrected chi connectivity index (χ2v) is 10.6. The number of hydrogen-bond acceptors (Lipinski definition) is 5. The number of fused-ring (bicyclic) bond motifs is 2. The second kappa shape index (κ2) is 10.2. The highest BCUT2D eigenvalue weighted by Gasteiger charge is 2.43. The van der Waals surface area contributed by atoms with Gasteiger partial charge in [0, 0.05) is 54.7 Å². The molecule has 1 saturated carbocycles. The Hall–Kier alpha value is -2.94. The van der Waals surface area contributed by atoms with Gasteiger partial charge in [-0.1, -0.05) is 19.8 Å². The number of carbonyl (C=O) groups is 2. The van der Waals surface area contributed by atoms with E-state index in [2.05, 4.69) is 22.7 Å². The van der Waals surface area contributed by atoms with Crippen LogP contribution in [0.25, 0.3) is 0 Å². The maximum absolute atomic E-state index is 15.5. The van der Waals surface area contributed by atoms with Crippen LogP contribution >= 0.6 is 0 Å². The Morgan fingerprint density at radius 1 is 1.33 bits per heavy atom. The number of aromatic nitrogens is 2. The van der Waals surface area contributed by atoms with Crippen molar-refractivity contribution >= 4 is 29.5 Å². The van der Waals surface area contributed by atoms with Crippen molar-refractivity contribution in [2.24, 2.45) is 11.8 Å². The number of ether oxygens (including phenoxy) is 1. The van der Waals surface area contributed by atoms with Crippen LogP contribution in [0.5, 0.6) is 0 Å². The molecule has 0 unspecified atom stereocenters. The highest BCUT2D eigenvalue weighted by atomic mass is 19.1. The maximum Gasteiger partial charge on any atom is 0.247 e. The minimum atomic E-state index is -0.705. The van der Waals surface area contributed by atoms with Crippen LogP contribution in [0.3, 0.4) is 0 Å². The van der Waals surface area contributed by atoms with Gasteiger partial charge in [0.2, 0.25) is 12.3 Å². The molecule has 0 bridgehead atoms. The molecule has 8 nitrogen and oxygen atoms in total. The number of aryl methyl sites for hydroxylation is 1. The van der Waals surface area contributed by atoms with Crippen LogP contribution in [0, 0.1) is 17.7 Å². The summed E-state index contributed by atoms with van der Waals surface area (Å²) < 4.78 is 22.7. The molecule has 36 heavy (non-hydrogen) atoms. The normalized spacial score (nSPS) is 23.5. The molecular weight excluding hydrogens is 461 g/mol. The van der Waals surface area contributed by atoms with E-state index in [1.807, 2.05) is 13.0 Å². The van der Waals surface area contributed by atoms with Gasteiger partial charge in [0.15, 0.2) is 0 Å². The molecule has 1 atom stereocenters. The molecule has 1 aromatic carbocycles. The van der Waals surface area contributed by atoms with Gasteiger partial charge in [0.25, 0.3) is 0 Å². The molecule has 0 radical (unpaired) electrons. The first kappa shape index (κ1) is 24.7. The van der Waals surface area contributed by atoms with Crippen LogP contribution in [0.1, 0.15) is 57.9 Å². The summed E-state index contributed by atoms with van der Waals surface area (Å²) in [5.41, 5.74) is 1.57. The fourth-order valence-electron chi connectivity index (χ4n) is 6.34. The van der Waals surface area contributed by atoms with E-state index in [-0.39, 0.29) is 23.1 Å². The van der Waals surface area contributed by atoms with Gasteiger partial charge in [-0.05, 0) is 56.6 Å². The lowest BCUT2D eigenvalue weighted by atomic mass is 9.75. The third-order valence-corrected chi connectivity index (χ3v) is 8.40. The van der Waals surface area contributed by atoms with Crippen molar-refractivity contribution in [2.45, 2.75) is 70.4 Å². The fourth-order valence-corrected chi connectivity index (χ4v) is 6.34. The molecule has 3 heterocycles. The fraction of sp³-hybridized carbons (Fsp3) is 0.593. The number of hydrogen-bond donors (Lipinski definition) is 2. The average Bonchev–Trinajstić information content (AvgIpc) is 3.49. The van der Waals surface area contributed by atoms with E-state index in [4.69, 9.17) is 4.74 Å². The number of nitrogens with one attached hydrogen (secondary N) is 2. The van der Waals surface area contributed by atoms with Crippen molar-refractivity contribution in [3.05, 3.63) is 35.8 Å². The first-order valence-corrected chi connectivity index (χ1v) is 13.2. The average molecular weight is 498 g/mol. The number of benzene rings is 1. The summed E-state index contributed by atoms with van der Waals surface area (Å²) in [5, 5.41) is 10.6. The van der Waals surface area contributed by atoms with Gasteiger partial charge in [-0.25, -0.2) is 9.07 Å². The predicted molar refractivity (Wildman–Crippen MR) is 137 cm³/mol. The number of halogens is 1. The maximum atomic E-state index is 15.5. The highest BCUT2D eigenvalue weighted by molar-refractivity contribution is 6.00. The predicted octanol–water partition coefficient (Wildman–Crippen LogP) is 4.31. The SMILES string of the molecule is CCn1nccc1N(C=O)[C@H](C(=O)Nc1cc(F)c2c(c1)NCC21CCOCC1)C1CCC(C)CC1. The molecule has 1 spiro atoms. The molecule has 1 saturated heterocycles. The minimum Gasteiger partial charge on any atom is -0.384 e. The lowest BCUT2D eigenvalue weighted by Gasteiger charge is -2.37. The molecule has 1 aromatic heterocycles. The van der Waals surface area contributed by atoms with Crippen LogP contribution in [-0.4, -0.2) is 47.9 Å². The summed E-state index contributed by atoms with van der Waals surface area (Å²) in [7, 11) is 0. The summed E-state index contributed by atoms with van der Waals surface area (Å²) in [6, 6.07) is 4.30. The molecule has 194 valence electrons. The molecule has 2 N–H and O–H groups in total. The van der Waals surface area contributed by atoms with E-state index in [0.717, 1.165) is 50.6 Å². The summed E-state index contributed by atoms with van der Waals surface area (Å²) >= 11 is 0. The lowest BCUT2D eigenvalue weighted by molar-refractivity contribution is -0.121. The third-order valence-electron chi connectivity index (χ3n) is 8.40. The number of carbonyl (C=O) groups excluding carboxylic acids is 2. The molecule has 3 aliphatic rings. The molecular formula is C27H36FN5O3. The number of amides is 2. The van der Waals surface area contributed by atoms with Crippen molar-refractivity contribution in [2.75, 3.05) is 35.3 Å². The van der Waals surface area contributed by atoms with E-state index in [0.29, 0.717) is 49.3 Å². The smallest absolute Gasteiger partial charge is 0.247 e. The molecule has 2 aromatic rings. The Morgan fingerprint density at radius 2 is 2.08 bits per heavy atom. The minimum absolute atomic E-state index is 0.00881. The zero-order valence-corrected chi connectivity index (χ0v) is 21.1. The van der Waals surface area contributed by atoms with Crippen molar-refractivity contribution < 1.29 is 18.7 Å². The number of anilines is 3. The van der Waals surface area contributed by atoms with Gasteiger partial charge in [0.1, 0.15) is 17.7 Å². The van der Waals surface area contributed by atoms with E-state index < -0.39 is 6.04 Å². The van der Waals surface area contributed by atoms with E-state index in [9.17, 15) is 9.59 Å². The van der Waals surface area contributed by atoms with Gasteiger partial charge in [-0.3, -0.25) is 14.5 Å². The standard InChI is InChI=1S/C27H36FN5O3/c1-3-33-23(8-11-30-33)32(17-34)25(19-6-4-18(2)5-7-19)26(35)31-20-14-21(28)24-22(15-20)29-16-27(24)9-12-36-13-10-27/h8,11,14-15,17-19,25,29H,3-7,9-10,12-13,16H2,1-2H3,(H,31,35)/t18?,19?,25-/m0/s1. The molecule has 5 rings (SSSR count). The summed E-state index contributed by atoms with van der Waals surface area (Å²) in [5.74, 6) is 0.590. The summed E-state index contributed by atoms with van der Waals surface area (Å²) in [6.45, 7) is 6.66. The summed E-state index contributed by atoms with van der Waals surface area (Å²) in [6.07, 6.45) is 7.65. The Bertz CT molecular complexity index is 1100. The van der Waals surface area contributed by atoms with E-state index in [1.165, 1.54) is 11.0 Å². The zero-order valence-electron chi connectivity index (χ0n) is 21.1. The quantitative estimate of drug-likeness (QED) is 0.557. The Labute approximate surface area is 211 Å². The molecule has 2 aliphatic heterocycles. The van der Waals surface area contributed by atoms with Gasteiger partial charge >= 0.3 is 0 Å². The highest BCUT2D eigenvalue weighted by Crippen LogP contribution is 2.46. The summed E-state index contributed by atoms with van der Waals surface area (Å²) in [4.78, 5) is 27.7. The Morgan fingerprint density at radius 3 is 2.78 bits per heavy atom. The van der Waals surface area contributed by atoms with Gasteiger partial charge in [-0.15, -0.1) is 0 Å². The second-order valence-electron chi connectivity index (χ2n) is 10.6. The van der Waals surface area contributed by atoms with Crippen LogP contribution < -0.4 is 15.5 Å². The van der Waals surface area contributed by atoms with Crippen molar-refractivity contribution in [3.63, 3.8) is 0 Å². The molecule has 9 heteroatoms. The van der Waals surface area contributed by atoms with Crippen LogP contribution in [0.4, 0.5) is 21.6 Å².